The van der Waals surface area contributed by atoms with Gasteiger partial charge in [0.25, 0.3) is 0 Å². The van der Waals surface area contributed by atoms with Crippen LogP contribution in [0.4, 0.5) is 0 Å². The Morgan fingerprint density at radius 3 is 2.47 bits per heavy atom. The molecule has 1 aromatic carbocycles. The minimum Gasteiger partial charge on any atom is -0.330 e. The number of benzene rings is 1. The summed E-state index contributed by atoms with van der Waals surface area (Å²) in [5, 5.41) is 0.910. The second-order valence-electron chi connectivity index (χ2n) is 5.19. The Morgan fingerprint density at radius 1 is 1.06 bits per heavy atom. The van der Waals surface area contributed by atoms with Crippen LogP contribution in [-0.2, 0) is 6.42 Å². The summed E-state index contributed by atoms with van der Waals surface area (Å²) in [6.45, 7) is 0.828. The van der Waals surface area contributed by atoms with Crippen LogP contribution in [0.5, 0.6) is 0 Å². The number of hydrogen-bond acceptors (Lipinski definition) is 1. The van der Waals surface area contributed by atoms with E-state index in [0.29, 0.717) is 5.92 Å². The van der Waals surface area contributed by atoms with Crippen molar-refractivity contribution in [2.45, 2.75) is 38.5 Å². The van der Waals surface area contributed by atoms with Crippen LogP contribution in [0.1, 0.15) is 37.7 Å². The molecule has 0 aliphatic heterocycles. The summed E-state index contributed by atoms with van der Waals surface area (Å²) in [6, 6.07) is 8.22. The van der Waals surface area contributed by atoms with Crippen LogP contribution in [0.15, 0.2) is 24.3 Å². The van der Waals surface area contributed by atoms with Crippen molar-refractivity contribution < 1.29 is 0 Å². The van der Waals surface area contributed by atoms with Gasteiger partial charge in [-0.3, -0.25) is 0 Å². The van der Waals surface area contributed by atoms with E-state index in [1.54, 1.807) is 0 Å². The molecule has 0 heterocycles. The normalized spacial score (nSPS) is 25.5. The van der Waals surface area contributed by atoms with Crippen LogP contribution in [0.2, 0.25) is 5.02 Å². The molecule has 0 radical (unpaired) electrons. The van der Waals surface area contributed by atoms with Crippen LogP contribution in [0.25, 0.3) is 0 Å². The van der Waals surface area contributed by atoms with Gasteiger partial charge >= 0.3 is 0 Å². The first-order chi connectivity index (χ1) is 8.31. The molecule has 0 bridgehead atoms. The van der Waals surface area contributed by atoms with Crippen molar-refractivity contribution in [2.24, 2.45) is 17.6 Å². The van der Waals surface area contributed by atoms with Gasteiger partial charge in [0.05, 0.1) is 0 Å². The molecule has 0 spiro atoms. The zero-order valence-electron chi connectivity index (χ0n) is 10.4. The zero-order valence-corrected chi connectivity index (χ0v) is 11.1. The van der Waals surface area contributed by atoms with Gasteiger partial charge in [0, 0.05) is 5.02 Å². The fourth-order valence-corrected chi connectivity index (χ4v) is 3.20. The van der Waals surface area contributed by atoms with E-state index in [9.17, 15) is 0 Å². The minimum absolute atomic E-state index is 0.689. The predicted molar refractivity (Wildman–Crippen MR) is 74.3 cm³/mol. The van der Waals surface area contributed by atoms with Crippen LogP contribution in [-0.4, -0.2) is 6.54 Å². The lowest BCUT2D eigenvalue weighted by Gasteiger charge is -2.24. The Labute approximate surface area is 109 Å². The first-order valence-electron chi connectivity index (χ1n) is 6.74. The van der Waals surface area contributed by atoms with Crippen molar-refractivity contribution >= 4 is 11.6 Å². The molecule has 2 N–H and O–H groups in total. The van der Waals surface area contributed by atoms with Gasteiger partial charge in [-0.1, -0.05) is 49.1 Å². The fourth-order valence-electron chi connectivity index (χ4n) is 2.99. The van der Waals surface area contributed by atoms with E-state index >= 15 is 0 Å². The maximum Gasteiger partial charge on any atom is 0.0438 e. The summed E-state index contributed by atoms with van der Waals surface area (Å²) >= 11 is 6.24. The first-order valence-corrected chi connectivity index (χ1v) is 7.12. The molecule has 2 rings (SSSR count). The van der Waals surface area contributed by atoms with E-state index in [4.69, 9.17) is 17.3 Å². The summed E-state index contributed by atoms with van der Waals surface area (Å²) in [6.07, 6.45) is 7.78. The molecule has 1 fully saturated rings. The van der Waals surface area contributed by atoms with Gasteiger partial charge in [-0.05, 0) is 49.3 Å². The molecule has 2 atom stereocenters. The third-order valence-electron chi connectivity index (χ3n) is 4.06. The van der Waals surface area contributed by atoms with Crippen molar-refractivity contribution in [1.29, 1.82) is 0 Å². The van der Waals surface area contributed by atoms with Gasteiger partial charge in [-0.15, -0.1) is 0 Å². The fraction of sp³-hybridized carbons (Fsp3) is 0.600. The summed E-state index contributed by atoms with van der Waals surface area (Å²) in [7, 11) is 0. The van der Waals surface area contributed by atoms with E-state index in [1.807, 2.05) is 12.1 Å². The molecule has 0 aromatic heterocycles. The Morgan fingerprint density at radius 2 is 1.76 bits per heavy atom. The standard InChI is InChI=1S/C15H22ClN/c16-15-9-5-4-7-13(15)10-12-6-2-1-3-8-14(12)11-17/h4-5,7,9,12,14H,1-3,6,8,10-11,17H2. The highest BCUT2D eigenvalue weighted by molar-refractivity contribution is 6.31. The Kier molecular flexibility index (Phi) is 4.87. The average molecular weight is 252 g/mol. The van der Waals surface area contributed by atoms with Crippen LogP contribution in [0.3, 0.4) is 0 Å². The van der Waals surface area contributed by atoms with Gasteiger partial charge in [0.15, 0.2) is 0 Å². The molecule has 1 saturated carbocycles. The zero-order chi connectivity index (χ0) is 12.1. The second-order valence-corrected chi connectivity index (χ2v) is 5.60. The highest BCUT2D eigenvalue weighted by Crippen LogP contribution is 2.32. The van der Waals surface area contributed by atoms with Crippen molar-refractivity contribution in [2.75, 3.05) is 6.54 Å². The van der Waals surface area contributed by atoms with Crippen molar-refractivity contribution in [1.82, 2.24) is 0 Å². The third-order valence-corrected chi connectivity index (χ3v) is 4.43. The SMILES string of the molecule is NCC1CCCCCC1Cc1ccccc1Cl. The van der Waals surface area contributed by atoms with Crippen LogP contribution >= 0.6 is 11.6 Å². The molecule has 0 saturated heterocycles. The highest BCUT2D eigenvalue weighted by atomic mass is 35.5. The molecule has 1 aromatic rings. The van der Waals surface area contributed by atoms with Gasteiger partial charge in [-0.2, -0.15) is 0 Å². The summed E-state index contributed by atoms with van der Waals surface area (Å²) in [5.41, 5.74) is 7.21. The molecule has 2 heteroatoms. The van der Waals surface area contributed by atoms with E-state index in [2.05, 4.69) is 12.1 Å². The molecule has 2 unspecified atom stereocenters. The molecule has 1 aliphatic carbocycles. The van der Waals surface area contributed by atoms with Gasteiger partial charge < -0.3 is 5.73 Å². The Bertz CT molecular complexity index is 351. The highest BCUT2D eigenvalue weighted by Gasteiger charge is 2.23. The van der Waals surface area contributed by atoms with Gasteiger partial charge in [0.1, 0.15) is 0 Å². The van der Waals surface area contributed by atoms with Gasteiger partial charge in [-0.25, -0.2) is 0 Å². The quantitative estimate of drug-likeness (QED) is 0.807. The minimum atomic E-state index is 0.689. The molecule has 17 heavy (non-hydrogen) atoms. The topological polar surface area (TPSA) is 26.0 Å². The third kappa shape index (κ3) is 3.46. The summed E-state index contributed by atoms with van der Waals surface area (Å²) in [4.78, 5) is 0. The van der Waals surface area contributed by atoms with E-state index in [0.717, 1.165) is 23.9 Å². The van der Waals surface area contributed by atoms with Crippen LogP contribution < -0.4 is 5.73 Å². The molecule has 1 aliphatic rings. The van der Waals surface area contributed by atoms with Crippen molar-refractivity contribution in [3.05, 3.63) is 34.9 Å². The summed E-state index contributed by atoms with van der Waals surface area (Å²) in [5.74, 6) is 1.41. The maximum absolute atomic E-state index is 6.24. The molecule has 1 nitrogen and oxygen atoms in total. The lowest BCUT2D eigenvalue weighted by Crippen LogP contribution is -2.24. The largest absolute Gasteiger partial charge is 0.330 e. The average Bonchev–Trinajstić information content (AvgIpc) is 2.57. The maximum atomic E-state index is 6.24. The lowest BCUT2D eigenvalue weighted by atomic mass is 9.83. The summed E-state index contributed by atoms with van der Waals surface area (Å²) < 4.78 is 0. The number of hydrogen-bond donors (Lipinski definition) is 1. The van der Waals surface area contributed by atoms with Crippen molar-refractivity contribution in [3.8, 4) is 0 Å². The monoisotopic (exact) mass is 251 g/mol. The first kappa shape index (κ1) is 12.9. The van der Waals surface area contributed by atoms with E-state index < -0.39 is 0 Å². The number of rotatable bonds is 3. The molecule has 0 amide bonds. The van der Waals surface area contributed by atoms with Crippen molar-refractivity contribution in [3.63, 3.8) is 0 Å². The molecular formula is C15H22ClN. The smallest absolute Gasteiger partial charge is 0.0438 e. The van der Waals surface area contributed by atoms with E-state index in [1.165, 1.54) is 37.7 Å². The van der Waals surface area contributed by atoms with E-state index in [-0.39, 0.29) is 0 Å². The lowest BCUT2D eigenvalue weighted by molar-refractivity contribution is 0.318. The van der Waals surface area contributed by atoms with Gasteiger partial charge in [0.2, 0.25) is 0 Å². The Balaban J connectivity index is 2.07. The Hall–Kier alpha value is -0.530. The predicted octanol–water partition coefficient (Wildman–Crippen LogP) is 4.04. The molecule has 94 valence electrons. The molecular weight excluding hydrogens is 230 g/mol. The van der Waals surface area contributed by atoms with Crippen LogP contribution in [0, 0.1) is 11.8 Å². The number of nitrogens with two attached hydrogens (primary N) is 1. The number of halogens is 1. The second kappa shape index (κ2) is 6.42.